The number of amides is 2. The van der Waals surface area contributed by atoms with Gasteiger partial charge in [0.1, 0.15) is 5.82 Å². The number of carbonyl (C=O) groups excluding carboxylic acids is 2. The summed E-state index contributed by atoms with van der Waals surface area (Å²) in [5.41, 5.74) is 3.43. The van der Waals surface area contributed by atoms with Crippen molar-refractivity contribution >= 4 is 58.2 Å². The SMILES string of the molecule is C=CCn1c(CC(=O)Nc2cccc(Cl)c2Cl)nnc1SCC(=O)Nc1ccc(C)c(C)c1. The summed E-state index contributed by atoms with van der Waals surface area (Å²) < 4.78 is 1.75. The molecule has 2 N–H and O–H groups in total. The fourth-order valence-electron chi connectivity index (χ4n) is 2.95. The van der Waals surface area contributed by atoms with Crippen LogP contribution in [0.3, 0.4) is 0 Å². The standard InChI is InChI=1S/C23H23Cl2N5O2S/c1-4-10-30-19(12-20(31)27-18-7-5-6-17(24)22(18)25)28-29-23(30)33-13-21(32)26-16-9-8-14(2)15(3)11-16/h4-9,11H,1,10,12-13H2,2-3H3,(H,26,32)(H,27,31). The van der Waals surface area contributed by atoms with Crippen molar-refractivity contribution in [3.05, 3.63) is 76.0 Å². The maximum atomic E-state index is 12.5. The molecule has 3 aromatic rings. The lowest BCUT2D eigenvalue weighted by molar-refractivity contribution is -0.116. The van der Waals surface area contributed by atoms with Gasteiger partial charge < -0.3 is 15.2 Å². The highest BCUT2D eigenvalue weighted by atomic mass is 35.5. The molecule has 0 saturated heterocycles. The van der Waals surface area contributed by atoms with E-state index in [1.807, 2.05) is 32.0 Å². The zero-order valence-electron chi connectivity index (χ0n) is 18.2. The zero-order chi connectivity index (χ0) is 24.0. The average molecular weight is 504 g/mol. The third-order valence-electron chi connectivity index (χ3n) is 4.77. The normalized spacial score (nSPS) is 10.7. The summed E-state index contributed by atoms with van der Waals surface area (Å²) in [4.78, 5) is 24.9. The minimum absolute atomic E-state index is 0.0287. The molecule has 10 heteroatoms. The quantitative estimate of drug-likeness (QED) is 0.305. The molecule has 2 amide bonds. The van der Waals surface area contributed by atoms with Gasteiger partial charge in [0, 0.05) is 12.2 Å². The number of rotatable bonds is 9. The molecule has 3 rings (SSSR count). The first-order valence-corrected chi connectivity index (χ1v) is 11.8. The molecule has 0 radical (unpaired) electrons. The van der Waals surface area contributed by atoms with E-state index < -0.39 is 0 Å². The van der Waals surface area contributed by atoms with E-state index in [4.69, 9.17) is 23.2 Å². The van der Waals surface area contributed by atoms with E-state index in [0.29, 0.717) is 28.2 Å². The van der Waals surface area contributed by atoms with Gasteiger partial charge in [0.25, 0.3) is 0 Å². The molecule has 0 spiro atoms. The molecular weight excluding hydrogens is 481 g/mol. The summed E-state index contributed by atoms with van der Waals surface area (Å²) in [6.07, 6.45) is 1.65. The molecule has 0 unspecified atom stereocenters. The largest absolute Gasteiger partial charge is 0.325 e. The first-order valence-electron chi connectivity index (χ1n) is 10.0. The summed E-state index contributed by atoms with van der Waals surface area (Å²) in [5.74, 6) is 0.113. The van der Waals surface area contributed by atoms with Gasteiger partial charge in [0.05, 0.1) is 27.9 Å². The van der Waals surface area contributed by atoms with Crippen LogP contribution in [-0.4, -0.2) is 32.3 Å². The van der Waals surface area contributed by atoms with Crippen molar-refractivity contribution in [3.63, 3.8) is 0 Å². The highest BCUT2D eigenvalue weighted by Gasteiger charge is 2.17. The number of thioether (sulfide) groups is 1. The van der Waals surface area contributed by atoms with E-state index in [0.717, 1.165) is 16.8 Å². The lowest BCUT2D eigenvalue weighted by Crippen LogP contribution is -2.18. The van der Waals surface area contributed by atoms with E-state index in [-0.39, 0.29) is 29.0 Å². The summed E-state index contributed by atoms with van der Waals surface area (Å²) >= 11 is 13.4. The maximum Gasteiger partial charge on any atom is 0.234 e. The lowest BCUT2D eigenvalue weighted by Gasteiger charge is -2.10. The van der Waals surface area contributed by atoms with Gasteiger partial charge in [-0.1, -0.05) is 53.2 Å². The van der Waals surface area contributed by atoms with Gasteiger partial charge in [-0.3, -0.25) is 9.59 Å². The maximum absolute atomic E-state index is 12.5. The molecule has 0 aliphatic heterocycles. The second kappa shape index (κ2) is 11.4. The van der Waals surface area contributed by atoms with Crippen LogP contribution in [0.2, 0.25) is 10.0 Å². The van der Waals surface area contributed by atoms with E-state index in [9.17, 15) is 9.59 Å². The number of allylic oxidation sites excluding steroid dienone is 1. The molecule has 0 aliphatic rings. The Kier molecular flexibility index (Phi) is 8.55. The second-order valence-electron chi connectivity index (χ2n) is 7.26. The van der Waals surface area contributed by atoms with Crippen LogP contribution >= 0.6 is 35.0 Å². The summed E-state index contributed by atoms with van der Waals surface area (Å²) in [7, 11) is 0. The number of nitrogens with one attached hydrogen (secondary N) is 2. The Morgan fingerprint density at radius 3 is 2.61 bits per heavy atom. The molecule has 0 saturated carbocycles. The van der Waals surface area contributed by atoms with Crippen LogP contribution in [0.25, 0.3) is 0 Å². The number of hydrogen-bond acceptors (Lipinski definition) is 5. The van der Waals surface area contributed by atoms with E-state index in [2.05, 4.69) is 27.4 Å². The molecule has 0 atom stereocenters. The first-order chi connectivity index (χ1) is 15.8. The van der Waals surface area contributed by atoms with Crippen LogP contribution < -0.4 is 10.6 Å². The number of benzene rings is 2. The Morgan fingerprint density at radius 1 is 1.09 bits per heavy atom. The Bertz CT molecular complexity index is 1200. The minimum atomic E-state index is -0.319. The number of anilines is 2. The molecule has 1 aromatic heterocycles. The monoisotopic (exact) mass is 503 g/mol. The second-order valence-corrected chi connectivity index (χ2v) is 8.99. The topological polar surface area (TPSA) is 88.9 Å². The number of hydrogen-bond donors (Lipinski definition) is 2. The van der Waals surface area contributed by atoms with E-state index >= 15 is 0 Å². The molecule has 1 heterocycles. The van der Waals surface area contributed by atoms with Crippen LogP contribution in [0, 0.1) is 13.8 Å². The molecule has 0 aliphatic carbocycles. The van der Waals surface area contributed by atoms with E-state index in [1.165, 1.54) is 11.8 Å². The van der Waals surface area contributed by atoms with Gasteiger partial charge in [-0.25, -0.2) is 0 Å². The molecule has 172 valence electrons. The van der Waals surface area contributed by atoms with E-state index in [1.54, 1.807) is 28.8 Å². The van der Waals surface area contributed by atoms with Crippen LogP contribution in [0.1, 0.15) is 17.0 Å². The fraction of sp³-hybridized carbons (Fsp3) is 0.217. The third-order valence-corrected chi connectivity index (χ3v) is 6.56. The van der Waals surface area contributed by atoms with Crippen molar-refractivity contribution in [2.24, 2.45) is 0 Å². The Hall–Kier alpha value is -2.81. The van der Waals surface area contributed by atoms with Crippen molar-refractivity contribution in [1.29, 1.82) is 0 Å². The smallest absolute Gasteiger partial charge is 0.234 e. The first kappa shape index (κ1) is 24.8. The minimum Gasteiger partial charge on any atom is -0.325 e. The van der Waals surface area contributed by atoms with Crippen molar-refractivity contribution in [1.82, 2.24) is 14.8 Å². The summed E-state index contributed by atoms with van der Waals surface area (Å²) in [5, 5.41) is 15.0. The van der Waals surface area contributed by atoms with Gasteiger partial charge in [-0.2, -0.15) is 0 Å². The molecule has 0 fully saturated rings. The van der Waals surface area contributed by atoms with Crippen molar-refractivity contribution in [2.45, 2.75) is 32.0 Å². The van der Waals surface area contributed by atoms with Crippen molar-refractivity contribution < 1.29 is 9.59 Å². The Balaban J connectivity index is 1.64. The average Bonchev–Trinajstić information content (AvgIpc) is 3.14. The molecule has 0 bridgehead atoms. The van der Waals surface area contributed by atoms with Crippen LogP contribution in [-0.2, 0) is 22.6 Å². The van der Waals surface area contributed by atoms with Crippen molar-refractivity contribution in [3.8, 4) is 0 Å². The van der Waals surface area contributed by atoms with Crippen molar-refractivity contribution in [2.75, 3.05) is 16.4 Å². The number of halogens is 2. The third kappa shape index (κ3) is 6.60. The molecule has 2 aromatic carbocycles. The van der Waals surface area contributed by atoms with Crippen LogP contribution in [0.15, 0.2) is 54.2 Å². The predicted molar refractivity (Wildman–Crippen MR) is 134 cm³/mol. The molecular formula is C23H23Cl2N5O2S. The number of aromatic nitrogens is 3. The predicted octanol–water partition coefficient (Wildman–Crippen LogP) is 5.30. The zero-order valence-corrected chi connectivity index (χ0v) is 20.5. The van der Waals surface area contributed by atoms with Gasteiger partial charge >= 0.3 is 0 Å². The van der Waals surface area contributed by atoms with Crippen LogP contribution in [0.4, 0.5) is 11.4 Å². The number of carbonyl (C=O) groups is 2. The summed E-state index contributed by atoms with van der Waals surface area (Å²) in [6.45, 7) is 8.17. The van der Waals surface area contributed by atoms with Crippen LogP contribution in [0.5, 0.6) is 0 Å². The molecule has 7 nitrogen and oxygen atoms in total. The van der Waals surface area contributed by atoms with Gasteiger partial charge in [-0.05, 0) is 49.2 Å². The number of aryl methyl sites for hydroxylation is 2. The van der Waals surface area contributed by atoms with Gasteiger partial charge in [0.2, 0.25) is 11.8 Å². The summed E-state index contributed by atoms with van der Waals surface area (Å²) in [6, 6.07) is 10.8. The lowest BCUT2D eigenvalue weighted by atomic mass is 10.1. The van der Waals surface area contributed by atoms with Gasteiger partial charge in [0.15, 0.2) is 5.16 Å². The van der Waals surface area contributed by atoms with Gasteiger partial charge in [-0.15, -0.1) is 16.8 Å². The Labute approximate surface area is 206 Å². The number of nitrogens with zero attached hydrogens (tertiary/aromatic N) is 3. The highest BCUT2D eigenvalue weighted by molar-refractivity contribution is 7.99. The Morgan fingerprint density at radius 2 is 1.88 bits per heavy atom. The highest BCUT2D eigenvalue weighted by Crippen LogP contribution is 2.29. The molecule has 33 heavy (non-hydrogen) atoms. The fourth-order valence-corrected chi connectivity index (χ4v) is 4.07.